The van der Waals surface area contributed by atoms with Crippen LogP contribution in [0, 0.1) is 0 Å². The van der Waals surface area contributed by atoms with Gasteiger partial charge in [0.2, 0.25) is 5.95 Å². The van der Waals surface area contributed by atoms with Crippen LogP contribution in [-0.2, 0) is 13.0 Å². The molecule has 1 saturated carbocycles. The van der Waals surface area contributed by atoms with E-state index in [2.05, 4.69) is 49.6 Å². The van der Waals surface area contributed by atoms with Crippen LogP contribution in [0.4, 0.5) is 17.5 Å². The number of nitrogens with one attached hydrogen (secondary N) is 2. The van der Waals surface area contributed by atoms with E-state index in [1.807, 2.05) is 30.3 Å². The van der Waals surface area contributed by atoms with Crippen molar-refractivity contribution in [3.63, 3.8) is 0 Å². The van der Waals surface area contributed by atoms with Crippen LogP contribution in [0.25, 0.3) is 10.9 Å². The van der Waals surface area contributed by atoms with E-state index in [0.29, 0.717) is 11.8 Å². The summed E-state index contributed by atoms with van der Waals surface area (Å²) in [5.41, 5.74) is 15.3. The molecule has 2 heterocycles. The summed E-state index contributed by atoms with van der Waals surface area (Å²) in [5.74, 6) is 1.14. The maximum atomic E-state index is 12.2. The average molecular weight is 514 g/mol. The third-order valence-corrected chi connectivity index (χ3v) is 7.29. The fourth-order valence-corrected chi connectivity index (χ4v) is 5.24. The molecule has 198 valence electrons. The minimum atomic E-state index is -0.588. The summed E-state index contributed by atoms with van der Waals surface area (Å²) in [6, 6.07) is 16.4. The number of nitrogens with zero attached hydrogens (tertiary/aromatic N) is 3. The second-order valence-corrected chi connectivity index (χ2v) is 9.81. The molecule has 4 aromatic rings. The van der Waals surface area contributed by atoms with Gasteiger partial charge >= 0.3 is 0 Å². The minimum absolute atomic E-state index is 0.0519. The fourth-order valence-electron chi connectivity index (χ4n) is 5.24. The highest BCUT2D eigenvalue weighted by atomic mass is 16.5. The van der Waals surface area contributed by atoms with E-state index >= 15 is 0 Å². The maximum Gasteiger partial charge on any atom is 0.254 e. The number of methoxy groups -OCH3 is 1. The highest BCUT2D eigenvalue weighted by molar-refractivity contribution is 6.00. The van der Waals surface area contributed by atoms with Crippen molar-refractivity contribution in [3.8, 4) is 5.75 Å². The van der Waals surface area contributed by atoms with Crippen LogP contribution < -0.4 is 26.8 Å². The van der Waals surface area contributed by atoms with E-state index in [1.54, 1.807) is 7.11 Å². The van der Waals surface area contributed by atoms with Crippen LogP contribution in [0.3, 0.4) is 0 Å². The van der Waals surface area contributed by atoms with E-state index < -0.39 is 5.91 Å². The number of para-hydroxylation sites is 1. The molecule has 0 saturated heterocycles. The second kappa shape index (κ2) is 11.5. The summed E-state index contributed by atoms with van der Waals surface area (Å²) in [6.07, 6.45) is 9.64. The van der Waals surface area contributed by atoms with Crippen molar-refractivity contribution in [3.05, 3.63) is 72.1 Å². The van der Waals surface area contributed by atoms with Gasteiger partial charge in [-0.05, 0) is 55.5 Å². The zero-order chi connectivity index (χ0) is 26.5. The molecule has 0 aliphatic heterocycles. The Morgan fingerprint density at radius 3 is 2.79 bits per heavy atom. The number of hydrogen-bond donors (Lipinski definition) is 4. The van der Waals surface area contributed by atoms with Crippen molar-refractivity contribution in [2.24, 2.45) is 11.5 Å². The number of ether oxygens (including phenoxy) is 1. The zero-order valence-corrected chi connectivity index (χ0v) is 21.7. The SMILES string of the molecule is COc1ccccc1CCCn1ccc2c(Nc3nc(NC4CCCCC4N)ncc3C(N)=O)cccc21. The molecule has 5 rings (SSSR count). The number of hydrogen-bond acceptors (Lipinski definition) is 7. The van der Waals surface area contributed by atoms with Gasteiger partial charge < -0.3 is 31.4 Å². The van der Waals surface area contributed by atoms with E-state index in [4.69, 9.17) is 16.2 Å². The first-order chi connectivity index (χ1) is 18.5. The van der Waals surface area contributed by atoms with E-state index in [0.717, 1.165) is 67.4 Å². The molecular formula is C29H35N7O2. The monoisotopic (exact) mass is 513 g/mol. The molecule has 9 nitrogen and oxygen atoms in total. The molecule has 38 heavy (non-hydrogen) atoms. The number of anilines is 3. The molecule has 9 heteroatoms. The van der Waals surface area contributed by atoms with Gasteiger partial charge in [-0.3, -0.25) is 4.79 Å². The van der Waals surface area contributed by atoms with Crippen molar-refractivity contribution in [2.45, 2.75) is 57.2 Å². The molecule has 2 atom stereocenters. The average Bonchev–Trinajstić information content (AvgIpc) is 3.34. The summed E-state index contributed by atoms with van der Waals surface area (Å²) in [4.78, 5) is 21.1. The zero-order valence-electron chi connectivity index (χ0n) is 21.7. The van der Waals surface area contributed by atoms with Gasteiger partial charge in [0.05, 0.1) is 12.6 Å². The molecule has 1 aliphatic rings. The van der Waals surface area contributed by atoms with E-state index in [1.165, 1.54) is 11.8 Å². The molecular weight excluding hydrogens is 478 g/mol. The first kappa shape index (κ1) is 25.5. The number of benzene rings is 2. The highest BCUT2D eigenvalue weighted by Gasteiger charge is 2.23. The summed E-state index contributed by atoms with van der Waals surface area (Å²) in [5, 5.41) is 7.73. The van der Waals surface area contributed by atoms with Crippen molar-refractivity contribution in [1.29, 1.82) is 0 Å². The number of primary amides is 1. The predicted molar refractivity (Wildman–Crippen MR) is 151 cm³/mol. The molecule has 1 amide bonds. The van der Waals surface area contributed by atoms with Gasteiger partial charge in [-0.25, -0.2) is 4.98 Å². The van der Waals surface area contributed by atoms with Gasteiger partial charge in [0.15, 0.2) is 0 Å². The normalized spacial score (nSPS) is 17.3. The number of rotatable bonds is 10. The first-order valence-electron chi connectivity index (χ1n) is 13.2. The smallest absolute Gasteiger partial charge is 0.254 e. The predicted octanol–water partition coefficient (Wildman–Crippen LogP) is 4.60. The Morgan fingerprint density at radius 2 is 1.97 bits per heavy atom. The van der Waals surface area contributed by atoms with Crippen molar-refractivity contribution >= 4 is 34.3 Å². The topological polar surface area (TPSA) is 133 Å². The Kier molecular flexibility index (Phi) is 7.74. The van der Waals surface area contributed by atoms with Crippen LogP contribution in [0.2, 0.25) is 0 Å². The van der Waals surface area contributed by atoms with Crippen LogP contribution in [0.15, 0.2) is 60.9 Å². The second-order valence-electron chi connectivity index (χ2n) is 9.81. The Hall–Kier alpha value is -4.11. The lowest BCUT2D eigenvalue weighted by Crippen LogP contribution is -2.43. The fraction of sp³-hybridized carbons (Fsp3) is 0.345. The molecule has 2 unspecified atom stereocenters. The van der Waals surface area contributed by atoms with Gasteiger partial charge in [0, 0.05) is 42.1 Å². The number of aryl methyl sites for hydroxylation is 2. The maximum absolute atomic E-state index is 12.2. The number of fused-ring (bicyclic) bond motifs is 1. The van der Waals surface area contributed by atoms with Gasteiger partial charge in [-0.15, -0.1) is 0 Å². The molecule has 0 bridgehead atoms. The molecule has 2 aromatic heterocycles. The Labute approximate surface area is 222 Å². The molecule has 1 aliphatic carbocycles. The van der Waals surface area contributed by atoms with Crippen molar-refractivity contribution in [1.82, 2.24) is 14.5 Å². The molecule has 1 fully saturated rings. The first-order valence-corrected chi connectivity index (χ1v) is 13.2. The van der Waals surface area contributed by atoms with Gasteiger partial charge in [0.25, 0.3) is 5.91 Å². The lowest BCUT2D eigenvalue weighted by molar-refractivity contribution is 0.100. The van der Waals surface area contributed by atoms with Crippen LogP contribution in [-0.4, -0.2) is 39.6 Å². The third-order valence-electron chi connectivity index (χ3n) is 7.29. The molecule has 6 N–H and O–H groups in total. The minimum Gasteiger partial charge on any atom is -0.496 e. The quantitative estimate of drug-likeness (QED) is 0.244. The van der Waals surface area contributed by atoms with Gasteiger partial charge in [-0.1, -0.05) is 37.1 Å². The lowest BCUT2D eigenvalue weighted by Gasteiger charge is -2.29. The summed E-state index contributed by atoms with van der Waals surface area (Å²) in [7, 11) is 1.71. The Balaban J connectivity index is 1.35. The van der Waals surface area contributed by atoms with Crippen LogP contribution in [0.1, 0.15) is 48.0 Å². The molecule has 2 aromatic carbocycles. The number of carbonyl (C=O) groups is 1. The molecule has 0 radical (unpaired) electrons. The molecule has 0 spiro atoms. The number of carbonyl (C=O) groups excluding carboxylic acids is 1. The number of aromatic nitrogens is 3. The van der Waals surface area contributed by atoms with Crippen molar-refractivity contribution < 1.29 is 9.53 Å². The van der Waals surface area contributed by atoms with Gasteiger partial charge in [-0.2, -0.15) is 4.98 Å². The number of amides is 1. The lowest BCUT2D eigenvalue weighted by atomic mass is 9.91. The Morgan fingerprint density at radius 1 is 1.13 bits per heavy atom. The number of nitrogens with two attached hydrogens (primary N) is 2. The highest BCUT2D eigenvalue weighted by Crippen LogP contribution is 2.29. The third kappa shape index (κ3) is 5.57. The van der Waals surface area contributed by atoms with E-state index in [-0.39, 0.29) is 17.6 Å². The summed E-state index contributed by atoms with van der Waals surface area (Å²) >= 11 is 0. The van der Waals surface area contributed by atoms with Crippen LogP contribution in [0.5, 0.6) is 5.75 Å². The largest absolute Gasteiger partial charge is 0.496 e. The van der Waals surface area contributed by atoms with Crippen molar-refractivity contribution in [2.75, 3.05) is 17.7 Å². The Bertz CT molecular complexity index is 1420. The summed E-state index contributed by atoms with van der Waals surface area (Å²) in [6.45, 7) is 0.862. The van der Waals surface area contributed by atoms with Gasteiger partial charge in [0.1, 0.15) is 17.1 Å². The van der Waals surface area contributed by atoms with Crippen LogP contribution >= 0.6 is 0 Å². The summed E-state index contributed by atoms with van der Waals surface area (Å²) < 4.78 is 7.73. The standard InChI is InChI=1S/C29H35N7O2/c1-38-26-14-5-2-8-19(26)9-7-16-36-17-15-20-23(12-6-13-25(20)36)33-28-21(27(31)37)18-32-29(35-28)34-24-11-4-3-10-22(24)30/h2,5-6,8,12-15,17-18,22,24H,3-4,7,9-11,16,30H2,1H3,(H2,31,37)(H2,32,33,34,35). The van der Waals surface area contributed by atoms with E-state index in [9.17, 15) is 4.79 Å².